The van der Waals surface area contributed by atoms with Gasteiger partial charge in [0.25, 0.3) is 0 Å². The van der Waals surface area contributed by atoms with E-state index in [-0.39, 0.29) is 0 Å². The van der Waals surface area contributed by atoms with Crippen molar-refractivity contribution < 1.29 is 0 Å². The van der Waals surface area contributed by atoms with Gasteiger partial charge < -0.3 is 27.4 Å². The molecule has 4 rings (SSSR count). The normalized spacial score (nSPS) is 10.2. The Morgan fingerprint density at radius 2 is 0.871 bits per heavy atom. The third-order valence-corrected chi connectivity index (χ3v) is 4.28. The lowest BCUT2D eigenvalue weighted by Gasteiger charge is -2.12. The Hall–Kier alpha value is -4.77. The van der Waals surface area contributed by atoms with Crippen LogP contribution in [0.5, 0.6) is 0 Å². The van der Waals surface area contributed by atoms with Gasteiger partial charge in [-0.25, -0.2) is 0 Å². The molecule has 0 spiro atoms. The lowest BCUT2D eigenvalue weighted by atomic mass is 10.2. The van der Waals surface area contributed by atoms with Gasteiger partial charge in [0.05, 0.1) is 0 Å². The van der Waals surface area contributed by atoms with Gasteiger partial charge in [-0.2, -0.15) is 15.0 Å². The molecule has 0 bridgehead atoms. The summed E-state index contributed by atoms with van der Waals surface area (Å²) in [6, 6.07) is 22.0. The van der Waals surface area contributed by atoms with E-state index in [1.54, 1.807) is 24.3 Å². The molecule has 0 unspecified atom stereocenters. The molecule has 3 aromatic carbocycles. The molecule has 0 saturated heterocycles. The topological polar surface area (TPSA) is 127 Å². The van der Waals surface area contributed by atoms with Crippen molar-refractivity contribution in [2.45, 2.75) is 0 Å². The van der Waals surface area contributed by atoms with E-state index in [4.69, 9.17) is 17.9 Å². The maximum Gasteiger partial charge on any atom is 0.233 e. The fourth-order valence-electron chi connectivity index (χ4n) is 2.71. The molecule has 0 saturated carbocycles. The van der Waals surface area contributed by atoms with Crippen molar-refractivity contribution in [3.8, 4) is 12.3 Å². The predicted molar refractivity (Wildman–Crippen MR) is 126 cm³/mol. The standard InChI is InChI=1S/C23H20N8/c1-2-15-3-9-18(10-4-15)26-21-29-22(27-19-11-5-16(24)6-12-19)31-23(30-21)28-20-13-7-17(25)8-14-20/h1,3-14H,24-25H2,(H3,26,27,28,29,30,31). The number of aromatic nitrogens is 3. The van der Waals surface area contributed by atoms with E-state index in [9.17, 15) is 0 Å². The summed E-state index contributed by atoms with van der Waals surface area (Å²) < 4.78 is 0. The number of nitrogens with one attached hydrogen (secondary N) is 3. The maximum atomic E-state index is 5.76. The van der Waals surface area contributed by atoms with Crippen LogP contribution in [0.25, 0.3) is 0 Å². The molecule has 7 N–H and O–H groups in total. The molecule has 0 amide bonds. The zero-order valence-electron chi connectivity index (χ0n) is 16.5. The highest BCUT2D eigenvalue weighted by molar-refractivity contribution is 5.64. The fourth-order valence-corrected chi connectivity index (χ4v) is 2.71. The van der Waals surface area contributed by atoms with Gasteiger partial charge in [-0.3, -0.25) is 0 Å². The molecule has 0 fully saturated rings. The average molecular weight is 408 g/mol. The molecule has 31 heavy (non-hydrogen) atoms. The average Bonchev–Trinajstić information content (AvgIpc) is 2.77. The first kappa shape index (κ1) is 19.5. The van der Waals surface area contributed by atoms with Crippen LogP contribution in [0.1, 0.15) is 5.56 Å². The van der Waals surface area contributed by atoms with Crippen molar-refractivity contribution in [1.29, 1.82) is 0 Å². The van der Waals surface area contributed by atoms with E-state index in [0.717, 1.165) is 22.6 Å². The van der Waals surface area contributed by atoms with Crippen LogP contribution in [0.3, 0.4) is 0 Å². The number of benzene rings is 3. The number of hydrogen-bond donors (Lipinski definition) is 5. The number of terminal acetylenes is 1. The summed E-state index contributed by atoms with van der Waals surface area (Å²) >= 11 is 0. The van der Waals surface area contributed by atoms with Gasteiger partial charge >= 0.3 is 0 Å². The van der Waals surface area contributed by atoms with Crippen molar-refractivity contribution in [3.05, 3.63) is 78.4 Å². The van der Waals surface area contributed by atoms with E-state index < -0.39 is 0 Å². The SMILES string of the molecule is C#Cc1ccc(Nc2nc(Nc3ccc(N)cc3)nc(Nc3ccc(N)cc3)n2)cc1. The molecule has 4 aromatic rings. The van der Waals surface area contributed by atoms with Gasteiger partial charge in [-0.05, 0) is 72.8 Å². The fraction of sp³-hybridized carbons (Fsp3) is 0. The number of nitrogens with two attached hydrogens (primary N) is 2. The highest BCUT2D eigenvalue weighted by atomic mass is 15.3. The van der Waals surface area contributed by atoms with Crippen LogP contribution in [-0.4, -0.2) is 15.0 Å². The van der Waals surface area contributed by atoms with Crippen LogP contribution in [0, 0.1) is 12.3 Å². The summed E-state index contributed by atoms with van der Waals surface area (Å²) in [6.07, 6.45) is 5.42. The van der Waals surface area contributed by atoms with Gasteiger partial charge in [0.2, 0.25) is 17.8 Å². The Bertz CT molecular complexity index is 1140. The van der Waals surface area contributed by atoms with Gasteiger partial charge in [-0.1, -0.05) is 5.92 Å². The Labute approximate surface area is 179 Å². The molecule has 152 valence electrons. The Balaban J connectivity index is 1.63. The lowest BCUT2D eigenvalue weighted by Crippen LogP contribution is -2.07. The minimum atomic E-state index is 0.361. The summed E-state index contributed by atoms with van der Waals surface area (Å²) in [7, 11) is 0. The third-order valence-electron chi connectivity index (χ3n) is 4.28. The number of rotatable bonds is 6. The van der Waals surface area contributed by atoms with Crippen molar-refractivity contribution in [1.82, 2.24) is 15.0 Å². The minimum Gasteiger partial charge on any atom is -0.399 e. The monoisotopic (exact) mass is 408 g/mol. The summed E-state index contributed by atoms with van der Waals surface area (Å²) in [5.74, 6) is 3.68. The van der Waals surface area contributed by atoms with Crippen LogP contribution in [0.4, 0.5) is 46.3 Å². The molecule has 0 radical (unpaired) electrons. The van der Waals surface area contributed by atoms with E-state index >= 15 is 0 Å². The van der Waals surface area contributed by atoms with Crippen LogP contribution >= 0.6 is 0 Å². The van der Waals surface area contributed by atoms with E-state index in [1.165, 1.54) is 0 Å². The smallest absolute Gasteiger partial charge is 0.233 e. The second-order valence-corrected chi connectivity index (χ2v) is 6.65. The summed E-state index contributed by atoms with van der Waals surface area (Å²) in [5, 5.41) is 9.51. The Morgan fingerprint density at radius 1 is 0.548 bits per heavy atom. The highest BCUT2D eigenvalue weighted by Gasteiger charge is 2.09. The molecule has 0 aliphatic rings. The molecular weight excluding hydrogens is 388 g/mol. The zero-order valence-corrected chi connectivity index (χ0v) is 16.5. The largest absolute Gasteiger partial charge is 0.399 e. The van der Waals surface area contributed by atoms with E-state index in [1.807, 2.05) is 48.5 Å². The molecular formula is C23H20N8. The maximum absolute atomic E-state index is 5.76. The van der Waals surface area contributed by atoms with Crippen molar-refractivity contribution >= 4 is 46.3 Å². The van der Waals surface area contributed by atoms with Crippen LogP contribution in [0.2, 0.25) is 0 Å². The summed E-state index contributed by atoms with van der Waals surface area (Å²) in [5.41, 5.74) is 16.0. The number of nitrogen functional groups attached to an aromatic ring is 2. The van der Waals surface area contributed by atoms with Gasteiger partial charge in [0, 0.05) is 34.0 Å². The van der Waals surface area contributed by atoms with Gasteiger partial charge in [0.15, 0.2) is 0 Å². The van der Waals surface area contributed by atoms with Crippen molar-refractivity contribution in [3.63, 3.8) is 0 Å². The minimum absolute atomic E-state index is 0.361. The summed E-state index contributed by atoms with van der Waals surface area (Å²) in [4.78, 5) is 13.4. The second kappa shape index (κ2) is 8.71. The van der Waals surface area contributed by atoms with Crippen LogP contribution in [-0.2, 0) is 0 Å². The van der Waals surface area contributed by atoms with E-state index in [0.29, 0.717) is 29.2 Å². The van der Waals surface area contributed by atoms with Crippen LogP contribution < -0.4 is 27.4 Å². The second-order valence-electron chi connectivity index (χ2n) is 6.65. The molecule has 0 aliphatic carbocycles. The van der Waals surface area contributed by atoms with Crippen molar-refractivity contribution in [2.24, 2.45) is 0 Å². The Morgan fingerprint density at radius 3 is 1.19 bits per heavy atom. The van der Waals surface area contributed by atoms with Crippen molar-refractivity contribution in [2.75, 3.05) is 27.4 Å². The van der Waals surface area contributed by atoms with E-state index in [2.05, 4.69) is 36.8 Å². The quantitative estimate of drug-likeness (QED) is 0.237. The third kappa shape index (κ3) is 5.19. The Kier molecular flexibility index (Phi) is 5.49. The lowest BCUT2D eigenvalue weighted by molar-refractivity contribution is 1.06. The molecule has 8 heteroatoms. The molecule has 8 nitrogen and oxygen atoms in total. The molecule has 1 heterocycles. The number of hydrogen-bond acceptors (Lipinski definition) is 8. The first-order valence-electron chi connectivity index (χ1n) is 9.42. The predicted octanol–water partition coefficient (Wildman–Crippen LogP) is 4.25. The molecule has 0 atom stereocenters. The molecule has 1 aromatic heterocycles. The number of nitrogens with zero attached hydrogens (tertiary/aromatic N) is 3. The number of anilines is 8. The highest BCUT2D eigenvalue weighted by Crippen LogP contribution is 2.22. The molecule has 0 aliphatic heterocycles. The summed E-state index contributed by atoms with van der Waals surface area (Å²) in [6.45, 7) is 0. The van der Waals surface area contributed by atoms with Crippen LogP contribution in [0.15, 0.2) is 72.8 Å². The van der Waals surface area contributed by atoms with Gasteiger partial charge in [0.1, 0.15) is 0 Å². The zero-order chi connectivity index (χ0) is 21.6. The van der Waals surface area contributed by atoms with Gasteiger partial charge in [-0.15, -0.1) is 6.42 Å². The first-order valence-corrected chi connectivity index (χ1v) is 9.42. The first-order chi connectivity index (χ1) is 15.1.